The zero-order valence-corrected chi connectivity index (χ0v) is 15.5. The summed E-state index contributed by atoms with van der Waals surface area (Å²) in [7, 11) is 1.70. The molecule has 0 radical (unpaired) electrons. The zero-order chi connectivity index (χ0) is 16.9. The van der Waals surface area contributed by atoms with Crippen molar-refractivity contribution in [3.05, 3.63) is 59.2 Å². The molecule has 0 fully saturated rings. The number of thioether (sulfide) groups is 1. The van der Waals surface area contributed by atoms with Gasteiger partial charge >= 0.3 is 0 Å². The summed E-state index contributed by atoms with van der Waals surface area (Å²) < 4.78 is 6.37. The topological polar surface area (TPSA) is 47.0 Å². The molecule has 0 aliphatic rings. The Balaban J connectivity index is 1.67. The van der Waals surface area contributed by atoms with Crippen LogP contribution in [0.4, 0.5) is 10.8 Å². The molecular formula is C18H19N3OS2. The van der Waals surface area contributed by atoms with Gasteiger partial charge in [-0.25, -0.2) is 0 Å². The molecule has 0 aliphatic carbocycles. The van der Waals surface area contributed by atoms with Crippen molar-refractivity contribution in [2.24, 2.45) is 0 Å². The fourth-order valence-electron chi connectivity index (χ4n) is 2.31. The third kappa shape index (κ3) is 4.07. The molecule has 2 aromatic carbocycles. The van der Waals surface area contributed by atoms with Crippen LogP contribution in [0.3, 0.4) is 0 Å². The summed E-state index contributed by atoms with van der Waals surface area (Å²) in [5, 5.41) is 12.6. The Morgan fingerprint density at radius 2 is 1.96 bits per heavy atom. The molecule has 3 rings (SSSR count). The molecule has 0 saturated carbocycles. The highest BCUT2D eigenvalue weighted by atomic mass is 32.2. The minimum Gasteiger partial charge on any atom is -0.496 e. The SMILES string of the molecule is COc1ccc(C)cc1CSc1nnc(Nc2ccccc2C)s1. The van der Waals surface area contributed by atoms with Gasteiger partial charge in [-0.2, -0.15) is 0 Å². The van der Waals surface area contributed by atoms with Crippen LogP contribution >= 0.6 is 23.1 Å². The van der Waals surface area contributed by atoms with Crippen molar-refractivity contribution in [2.75, 3.05) is 12.4 Å². The first-order valence-corrected chi connectivity index (χ1v) is 9.38. The standard InChI is InChI=1S/C18H19N3OS2/c1-12-8-9-16(22-3)14(10-12)11-23-18-21-20-17(24-18)19-15-7-5-4-6-13(15)2/h4-10H,11H2,1-3H3,(H,19,20). The molecule has 3 aromatic rings. The zero-order valence-electron chi connectivity index (χ0n) is 13.9. The van der Waals surface area contributed by atoms with Crippen LogP contribution in [0, 0.1) is 13.8 Å². The average molecular weight is 358 g/mol. The van der Waals surface area contributed by atoms with E-state index in [9.17, 15) is 0 Å². The van der Waals surface area contributed by atoms with E-state index in [0.717, 1.165) is 26.7 Å². The van der Waals surface area contributed by atoms with Gasteiger partial charge in [0.1, 0.15) is 5.75 Å². The molecule has 0 bridgehead atoms. The number of aryl methyl sites for hydroxylation is 2. The lowest BCUT2D eigenvalue weighted by Crippen LogP contribution is -1.91. The number of nitrogens with zero attached hydrogens (tertiary/aromatic N) is 2. The third-order valence-electron chi connectivity index (χ3n) is 3.58. The van der Waals surface area contributed by atoms with Crippen LogP contribution < -0.4 is 10.1 Å². The van der Waals surface area contributed by atoms with Gasteiger partial charge in [0.25, 0.3) is 0 Å². The van der Waals surface area contributed by atoms with Crippen LogP contribution in [-0.4, -0.2) is 17.3 Å². The van der Waals surface area contributed by atoms with Crippen molar-refractivity contribution in [3.8, 4) is 5.75 Å². The van der Waals surface area contributed by atoms with Crippen molar-refractivity contribution in [1.29, 1.82) is 0 Å². The van der Waals surface area contributed by atoms with Crippen LogP contribution in [0.1, 0.15) is 16.7 Å². The van der Waals surface area contributed by atoms with Gasteiger partial charge in [0.2, 0.25) is 5.13 Å². The molecule has 0 aliphatic heterocycles. The number of benzene rings is 2. The van der Waals surface area contributed by atoms with E-state index in [-0.39, 0.29) is 0 Å². The van der Waals surface area contributed by atoms with Gasteiger partial charge in [0.05, 0.1) is 7.11 Å². The summed E-state index contributed by atoms with van der Waals surface area (Å²) in [5.41, 5.74) is 4.65. The van der Waals surface area contributed by atoms with Gasteiger partial charge in [-0.1, -0.05) is 59.0 Å². The predicted octanol–water partition coefficient (Wildman–Crippen LogP) is 5.20. The van der Waals surface area contributed by atoms with Crippen molar-refractivity contribution in [2.45, 2.75) is 23.9 Å². The lowest BCUT2D eigenvalue weighted by atomic mass is 10.1. The van der Waals surface area contributed by atoms with Gasteiger partial charge in [-0.05, 0) is 31.5 Å². The van der Waals surface area contributed by atoms with Crippen LogP contribution in [0.5, 0.6) is 5.75 Å². The second-order valence-corrected chi connectivity index (χ2v) is 7.62. The first kappa shape index (κ1) is 16.8. The predicted molar refractivity (Wildman–Crippen MR) is 102 cm³/mol. The van der Waals surface area contributed by atoms with Gasteiger partial charge < -0.3 is 10.1 Å². The molecule has 0 saturated heterocycles. The van der Waals surface area contributed by atoms with E-state index >= 15 is 0 Å². The van der Waals surface area contributed by atoms with E-state index in [4.69, 9.17) is 4.74 Å². The number of methoxy groups -OCH3 is 1. The van der Waals surface area contributed by atoms with Crippen molar-refractivity contribution >= 4 is 33.9 Å². The maximum atomic E-state index is 5.43. The molecule has 4 nitrogen and oxygen atoms in total. The van der Waals surface area contributed by atoms with E-state index < -0.39 is 0 Å². The number of hydrogen-bond donors (Lipinski definition) is 1. The quantitative estimate of drug-likeness (QED) is 0.614. The van der Waals surface area contributed by atoms with E-state index in [2.05, 4.69) is 47.6 Å². The highest BCUT2D eigenvalue weighted by Crippen LogP contribution is 2.33. The average Bonchev–Trinajstić information content (AvgIpc) is 3.03. The molecule has 1 heterocycles. The lowest BCUT2D eigenvalue weighted by Gasteiger charge is -2.08. The highest BCUT2D eigenvalue weighted by molar-refractivity contribution is 8.00. The number of ether oxygens (including phenoxy) is 1. The normalized spacial score (nSPS) is 10.6. The Bertz CT molecular complexity index is 833. The number of rotatable bonds is 6. The largest absolute Gasteiger partial charge is 0.496 e. The molecule has 24 heavy (non-hydrogen) atoms. The minimum absolute atomic E-state index is 0.808. The second kappa shape index (κ2) is 7.68. The number of para-hydroxylation sites is 1. The smallest absolute Gasteiger partial charge is 0.210 e. The lowest BCUT2D eigenvalue weighted by molar-refractivity contribution is 0.411. The van der Waals surface area contributed by atoms with Crippen LogP contribution in [-0.2, 0) is 5.75 Å². The molecule has 1 N–H and O–H groups in total. The molecule has 124 valence electrons. The van der Waals surface area contributed by atoms with Crippen molar-refractivity contribution in [1.82, 2.24) is 10.2 Å². The number of anilines is 2. The van der Waals surface area contributed by atoms with E-state index in [1.165, 1.54) is 16.7 Å². The number of aromatic nitrogens is 2. The van der Waals surface area contributed by atoms with E-state index in [1.807, 2.05) is 24.3 Å². The molecular weight excluding hydrogens is 338 g/mol. The maximum absolute atomic E-state index is 5.43. The monoisotopic (exact) mass is 357 g/mol. The Hall–Kier alpha value is -2.05. The molecule has 6 heteroatoms. The Morgan fingerprint density at radius 3 is 2.75 bits per heavy atom. The summed E-state index contributed by atoms with van der Waals surface area (Å²) >= 11 is 3.23. The van der Waals surface area contributed by atoms with Crippen molar-refractivity contribution < 1.29 is 4.74 Å². The second-order valence-electron chi connectivity index (χ2n) is 5.42. The van der Waals surface area contributed by atoms with Gasteiger partial charge in [0, 0.05) is 17.0 Å². The fraction of sp³-hybridized carbons (Fsp3) is 0.222. The molecule has 0 amide bonds. The summed E-state index contributed by atoms with van der Waals surface area (Å²) in [4.78, 5) is 0. The highest BCUT2D eigenvalue weighted by Gasteiger charge is 2.09. The van der Waals surface area contributed by atoms with Gasteiger partial charge in [-0.3, -0.25) is 0 Å². The first-order chi connectivity index (χ1) is 11.7. The summed E-state index contributed by atoms with van der Waals surface area (Å²) in [5.74, 6) is 1.72. The van der Waals surface area contributed by atoms with Crippen molar-refractivity contribution in [3.63, 3.8) is 0 Å². The van der Waals surface area contributed by atoms with Crippen LogP contribution in [0.15, 0.2) is 46.8 Å². The van der Waals surface area contributed by atoms with E-state index in [1.54, 1.807) is 30.2 Å². The van der Waals surface area contributed by atoms with Crippen LogP contribution in [0.2, 0.25) is 0 Å². The Labute approximate surface area is 150 Å². The molecule has 1 aromatic heterocycles. The summed E-state index contributed by atoms with van der Waals surface area (Å²) in [6.07, 6.45) is 0. The summed E-state index contributed by atoms with van der Waals surface area (Å²) in [6.45, 7) is 4.16. The third-order valence-corrected chi connectivity index (χ3v) is 5.60. The fourth-order valence-corrected chi connectivity index (χ4v) is 4.05. The number of nitrogens with one attached hydrogen (secondary N) is 1. The van der Waals surface area contributed by atoms with Gasteiger partial charge in [0.15, 0.2) is 4.34 Å². The number of hydrogen-bond acceptors (Lipinski definition) is 6. The summed E-state index contributed by atoms with van der Waals surface area (Å²) in [6, 6.07) is 14.4. The molecule has 0 atom stereocenters. The maximum Gasteiger partial charge on any atom is 0.210 e. The first-order valence-electron chi connectivity index (χ1n) is 7.58. The van der Waals surface area contributed by atoms with E-state index in [0.29, 0.717) is 0 Å². The minimum atomic E-state index is 0.808. The van der Waals surface area contributed by atoms with Gasteiger partial charge in [-0.15, -0.1) is 10.2 Å². The van der Waals surface area contributed by atoms with Crippen LogP contribution in [0.25, 0.3) is 0 Å². The Kier molecular flexibility index (Phi) is 5.37. The molecule has 0 spiro atoms. The molecule has 0 unspecified atom stereocenters. The Morgan fingerprint density at radius 1 is 1.12 bits per heavy atom.